The molecule has 0 unspecified atom stereocenters. The van der Waals surface area contributed by atoms with Gasteiger partial charge in [0.15, 0.2) is 5.78 Å². The van der Waals surface area contributed by atoms with Crippen molar-refractivity contribution >= 4 is 51.7 Å². The van der Waals surface area contributed by atoms with E-state index in [1.165, 1.54) is 0 Å². The Morgan fingerprint density at radius 1 is 0.641 bits per heavy atom. The Morgan fingerprint density at radius 3 is 1.41 bits per heavy atom. The highest BCUT2D eigenvalue weighted by atomic mass is 31.2. The van der Waals surface area contributed by atoms with Gasteiger partial charge in [0.2, 0.25) is 0 Å². The van der Waals surface area contributed by atoms with Gasteiger partial charge in [-0.3, -0.25) is 19.3 Å². The zero-order valence-corrected chi connectivity index (χ0v) is 22.2. The number of nitrogens with zero attached hydrogens (tertiary/aromatic N) is 1. The SMILES string of the molecule is CCOC(=O)C(C(=O)C[15N]1C(=O)c2ccccc2C1=O)=P(c1ccccc1)(c1ccccc1)c1ccccc1. The molecule has 1 aliphatic heterocycles. The van der Waals surface area contributed by atoms with Crippen molar-refractivity contribution in [2.75, 3.05) is 13.2 Å². The zero-order chi connectivity index (χ0) is 27.4. The minimum atomic E-state index is -3.13. The van der Waals surface area contributed by atoms with E-state index in [-0.39, 0.29) is 23.0 Å². The van der Waals surface area contributed by atoms with Gasteiger partial charge < -0.3 is 4.74 Å². The van der Waals surface area contributed by atoms with Crippen LogP contribution in [0, 0.1) is 0 Å². The lowest BCUT2D eigenvalue weighted by Gasteiger charge is -2.31. The third-order valence-corrected chi connectivity index (χ3v) is 11.0. The van der Waals surface area contributed by atoms with Crippen LogP contribution in [0.4, 0.5) is 0 Å². The van der Waals surface area contributed by atoms with Crippen molar-refractivity contribution in [3.63, 3.8) is 0 Å². The van der Waals surface area contributed by atoms with Gasteiger partial charge in [-0.15, -0.1) is 0 Å². The van der Waals surface area contributed by atoms with Crippen LogP contribution in [0.15, 0.2) is 115 Å². The minimum absolute atomic E-state index is 0.0565. The van der Waals surface area contributed by atoms with Gasteiger partial charge in [0, 0.05) is 0 Å². The minimum Gasteiger partial charge on any atom is -0.462 e. The Balaban J connectivity index is 1.82. The third kappa shape index (κ3) is 4.53. The number of fused-ring (bicyclic) bond motifs is 1. The van der Waals surface area contributed by atoms with Crippen molar-refractivity contribution in [3.8, 4) is 0 Å². The molecule has 39 heavy (non-hydrogen) atoms. The number of hydrogen-bond acceptors (Lipinski definition) is 5. The fourth-order valence-corrected chi connectivity index (χ4v) is 9.34. The molecule has 0 saturated heterocycles. The van der Waals surface area contributed by atoms with Crippen LogP contribution in [0.3, 0.4) is 0 Å². The molecule has 5 rings (SSSR count). The second-order valence-electron chi connectivity index (χ2n) is 8.91. The second-order valence-corrected chi connectivity index (χ2v) is 12.2. The molecule has 0 fully saturated rings. The molecular formula is C32H26NO5P. The Bertz CT molecular complexity index is 1480. The summed E-state index contributed by atoms with van der Waals surface area (Å²) in [5.41, 5.74) is 0.478. The number of ether oxygens (including phenoxy) is 1. The summed E-state index contributed by atoms with van der Waals surface area (Å²) in [6, 6.07) is 34.7. The molecule has 194 valence electrons. The van der Waals surface area contributed by atoms with Crippen LogP contribution in [0.2, 0.25) is 0 Å². The van der Waals surface area contributed by atoms with E-state index < -0.39 is 37.0 Å². The first-order chi connectivity index (χ1) is 19.0. The number of carbonyl (C=O) groups excluding carboxylic acids is 4. The van der Waals surface area contributed by atoms with E-state index >= 15 is 0 Å². The predicted octanol–water partition coefficient (Wildman–Crippen LogP) is 3.58. The van der Waals surface area contributed by atoms with Gasteiger partial charge in [0.1, 0.15) is 5.29 Å². The fraction of sp³-hybridized carbons (Fsp3) is 0.0938. The summed E-state index contributed by atoms with van der Waals surface area (Å²) >= 11 is 0. The highest BCUT2D eigenvalue weighted by Gasteiger charge is 2.41. The number of esters is 1. The lowest BCUT2D eigenvalue weighted by Crippen LogP contribution is -2.44. The standard InChI is InChI=1S/C32H26NO5P/c1-2-38-32(37)29(28(34)22-33-30(35)26-20-12-13-21-27(26)31(33)36)39(23-14-6-3-7-15-23,24-16-8-4-9-17-24)25-18-10-5-11-19-25/h3-21H,2,22H2,1H3/i33+1. The van der Waals surface area contributed by atoms with Gasteiger partial charge in [0.05, 0.1) is 24.3 Å². The van der Waals surface area contributed by atoms with Crippen LogP contribution in [0.1, 0.15) is 27.6 Å². The molecule has 6 nitrogen and oxygen atoms in total. The molecule has 0 bridgehead atoms. The first-order valence-corrected chi connectivity index (χ1v) is 14.4. The van der Waals surface area contributed by atoms with E-state index in [1.807, 2.05) is 91.0 Å². The van der Waals surface area contributed by atoms with Crippen molar-refractivity contribution in [1.82, 2.24) is 4.90 Å². The van der Waals surface area contributed by atoms with Crippen molar-refractivity contribution in [1.29, 1.82) is 0 Å². The molecule has 7 heteroatoms. The van der Waals surface area contributed by atoms with Crippen molar-refractivity contribution in [2.24, 2.45) is 0 Å². The number of ketones is 1. The molecule has 0 aromatic heterocycles. The van der Waals surface area contributed by atoms with E-state index in [4.69, 9.17) is 4.74 Å². The second kappa shape index (κ2) is 11.1. The number of benzene rings is 4. The van der Waals surface area contributed by atoms with Crippen LogP contribution in [0.5, 0.6) is 0 Å². The number of rotatable bonds is 8. The van der Waals surface area contributed by atoms with Crippen molar-refractivity contribution in [3.05, 3.63) is 126 Å². The maximum Gasteiger partial charge on any atom is 0.342 e. The molecule has 2 amide bonds. The molecule has 1 aliphatic rings. The first kappa shape index (κ1) is 26.1. The number of amides is 2. The summed E-state index contributed by atoms with van der Waals surface area (Å²) in [7, 11) is 0. The van der Waals surface area contributed by atoms with Crippen LogP contribution in [-0.4, -0.2) is 46.9 Å². The highest BCUT2D eigenvalue weighted by molar-refractivity contribution is 7.97. The fourth-order valence-electron chi connectivity index (χ4n) is 5.03. The topological polar surface area (TPSA) is 80.8 Å². The smallest absolute Gasteiger partial charge is 0.342 e. The van der Waals surface area contributed by atoms with Crippen LogP contribution < -0.4 is 15.9 Å². The molecule has 0 saturated carbocycles. The largest absolute Gasteiger partial charge is 0.462 e. The normalized spacial score (nSPS) is 12.7. The Labute approximate surface area is 226 Å². The van der Waals surface area contributed by atoms with Crippen LogP contribution in [0.25, 0.3) is 0 Å². The van der Waals surface area contributed by atoms with E-state index in [9.17, 15) is 19.2 Å². The lowest BCUT2D eigenvalue weighted by atomic mass is 10.1. The monoisotopic (exact) mass is 536 g/mol. The van der Waals surface area contributed by atoms with E-state index in [0.717, 1.165) is 20.8 Å². The number of hydrogen-bond donors (Lipinski definition) is 0. The summed E-state index contributed by atoms with van der Waals surface area (Å²) in [4.78, 5) is 55.5. The number of imide groups is 1. The predicted molar refractivity (Wildman–Crippen MR) is 154 cm³/mol. The lowest BCUT2D eigenvalue weighted by molar-refractivity contribution is -0.135. The van der Waals surface area contributed by atoms with Gasteiger partial charge in [-0.25, -0.2) is 4.79 Å². The van der Waals surface area contributed by atoms with E-state index in [2.05, 4.69) is 0 Å². The molecule has 1 heterocycles. The highest BCUT2D eigenvalue weighted by Crippen LogP contribution is 2.46. The Hall–Kier alpha value is -4.54. The Kier molecular flexibility index (Phi) is 7.40. The maximum absolute atomic E-state index is 14.4. The zero-order valence-electron chi connectivity index (χ0n) is 21.3. The van der Waals surface area contributed by atoms with Gasteiger partial charge in [-0.1, -0.05) is 103 Å². The van der Waals surface area contributed by atoms with Gasteiger partial charge in [-0.05, 0) is 41.9 Å². The summed E-state index contributed by atoms with van der Waals surface area (Å²) < 4.78 is 5.52. The van der Waals surface area contributed by atoms with Gasteiger partial charge in [-0.2, -0.15) is 0 Å². The third-order valence-electron chi connectivity index (χ3n) is 6.68. The van der Waals surface area contributed by atoms with E-state index in [0.29, 0.717) is 0 Å². The van der Waals surface area contributed by atoms with Crippen molar-refractivity contribution in [2.45, 2.75) is 6.92 Å². The summed E-state index contributed by atoms with van der Waals surface area (Å²) in [5.74, 6) is -2.51. The summed E-state index contributed by atoms with van der Waals surface area (Å²) in [5, 5.41) is 2.27. The van der Waals surface area contributed by atoms with Crippen molar-refractivity contribution < 1.29 is 23.9 Å². The summed E-state index contributed by atoms with van der Waals surface area (Å²) in [6.07, 6.45) is 0. The molecule has 0 spiro atoms. The van der Waals surface area contributed by atoms with Gasteiger partial charge >= 0.3 is 5.97 Å². The first-order valence-electron chi connectivity index (χ1n) is 12.6. The Morgan fingerprint density at radius 2 is 1.03 bits per heavy atom. The summed E-state index contributed by atoms with van der Waals surface area (Å²) in [6.45, 7) is -1.97. The quantitative estimate of drug-likeness (QED) is 0.113. The molecule has 0 atom stereocenters. The molecule has 4 aromatic rings. The number of carbonyl (C=O) groups is 4. The van der Waals surface area contributed by atoms with E-state index in [1.54, 1.807) is 31.2 Å². The van der Waals surface area contributed by atoms with Crippen LogP contribution >= 0.6 is 6.89 Å². The van der Waals surface area contributed by atoms with Gasteiger partial charge in [0.25, 0.3) is 11.8 Å². The average Bonchev–Trinajstić information content (AvgIpc) is 3.22. The number of Topliss-reactive ketones (excluding diaryl/α,β-unsaturated/α-hetero) is 1. The molecular weight excluding hydrogens is 510 g/mol. The molecule has 0 radical (unpaired) electrons. The average molecular weight is 537 g/mol. The molecule has 0 N–H and O–H groups in total. The molecule has 4 aromatic carbocycles. The molecule has 0 aliphatic carbocycles. The maximum atomic E-state index is 14.4. The van der Waals surface area contributed by atoms with Crippen LogP contribution in [-0.2, 0) is 14.3 Å².